The van der Waals surface area contributed by atoms with Gasteiger partial charge in [-0.05, 0) is 0 Å². The van der Waals surface area contributed by atoms with Crippen LogP contribution in [-0.2, 0) is 8.56 Å². The monoisotopic (exact) mass is 414 g/mol. The van der Waals surface area contributed by atoms with Gasteiger partial charge in [0.15, 0.2) is 0 Å². The number of unbranched alkanes of at least 4 members (excludes halogenated alkanes) is 9. The molecule has 0 aromatic heterocycles. The van der Waals surface area contributed by atoms with Gasteiger partial charge in [0.2, 0.25) is 0 Å². The molecule has 2 nitrogen and oxygen atoms in total. The molecule has 0 N–H and O–H groups in total. The Bertz CT molecular complexity index is 321. The zero-order valence-corrected chi connectivity index (χ0v) is 19.7. The average molecular weight is 413 g/mol. The molecule has 148 valence electrons. The van der Waals surface area contributed by atoms with Gasteiger partial charge in [-0.3, -0.25) is 0 Å². The second-order valence-electron chi connectivity index (χ2n) is 7.78. The van der Waals surface area contributed by atoms with Crippen molar-refractivity contribution in [1.82, 2.24) is 0 Å². The van der Waals surface area contributed by atoms with Gasteiger partial charge in [0.1, 0.15) is 0 Å². The van der Waals surface area contributed by atoms with E-state index in [4.69, 9.17) is 3.76 Å². The Morgan fingerprint density at radius 3 is 1.36 bits per heavy atom. The van der Waals surface area contributed by atoms with Gasteiger partial charge < -0.3 is 0 Å². The Labute approximate surface area is 160 Å². The second-order valence-corrected chi connectivity index (χ2v) is 16.3. The van der Waals surface area contributed by atoms with Crippen LogP contribution in [-0.4, -0.2) is 19.6 Å². The molecular weight excluding hydrogens is 369 g/mol. The van der Waals surface area contributed by atoms with Gasteiger partial charge in [-0.15, -0.1) is 0 Å². The normalized spacial score (nSPS) is 11.5. The molecule has 0 fully saturated rings. The van der Waals surface area contributed by atoms with E-state index >= 15 is 0 Å². The van der Waals surface area contributed by atoms with E-state index < -0.39 is 13.6 Å². The Morgan fingerprint density at radius 1 is 0.720 bits per heavy atom. The van der Waals surface area contributed by atoms with Crippen LogP contribution in [0.1, 0.15) is 105 Å². The van der Waals surface area contributed by atoms with Crippen LogP contribution in [0.25, 0.3) is 0 Å². The molecule has 0 amide bonds. The fourth-order valence-electron chi connectivity index (χ4n) is 3.43. The molecule has 0 saturated heterocycles. The molecule has 0 aliphatic heterocycles. The minimum absolute atomic E-state index is 0.110. The average Bonchev–Trinajstić information content (AvgIpc) is 2.59. The summed E-state index contributed by atoms with van der Waals surface area (Å²) < 4.78 is 6.29. The molecule has 0 rings (SSSR count). The topological polar surface area (TPSA) is 26.3 Å². The first kappa shape index (κ1) is 24.8. The quantitative estimate of drug-likeness (QED) is 0.138. The van der Waals surface area contributed by atoms with Crippen molar-refractivity contribution in [3.8, 4) is 0 Å². The fourth-order valence-corrected chi connectivity index (χ4v) is 12.5. The van der Waals surface area contributed by atoms with Crippen LogP contribution in [0.4, 0.5) is 0 Å². The molecular formula is C22H44GeO2. The molecule has 0 aliphatic rings. The summed E-state index contributed by atoms with van der Waals surface area (Å²) in [5.41, 5.74) is 0.575. The predicted molar refractivity (Wildman–Crippen MR) is 114 cm³/mol. The molecule has 0 unspecified atom stereocenters. The van der Waals surface area contributed by atoms with E-state index in [2.05, 4.69) is 27.4 Å². The zero-order chi connectivity index (χ0) is 19.0. The second kappa shape index (κ2) is 16.0. The van der Waals surface area contributed by atoms with Gasteiger partial charge in [-0.2, -0.15) is 0 Å². The summed E-state index contributed by atoms with van der Waals surface area (Å²) in [6.07, 6.45) is 15.3. The van der Waals surface area contributed by atoms with E-state index in [9.17, 15) is 4.79 Å². The predicted octanol–water partition coefficient (Wildman–Crippen LogP) is 7.79. The molecule has 0 aromatic rings. The third-order valence-corrected chi connectivity index (χ3v) is 14.4. The first-order chi connectivity index (χ1) is 12.0. The van der Waals surface area contributed by atoms with Gasteiger partial charge in [-0.1, -0.05) is 0 Å². The van der Waals surface area contributed by atoms with Crippen LogP contribution >= 0.6 is 0 Å². The maximum atomic E-state index is 12.4. The Balaban J connectivity index is 4.92. The molecule has 0 aliphatic carbocycles. The fraction of sp³-hybridized carbons (Fsp3) is 0.864. The van der Waals surface area contributed by atoms with Crippen molar-refractivity contribution >= 4 is 19.6 Å². The number of hydrogen-bond acceptors (Lipinski definition) is 2. The van der Waals surface area contributed by atoms with Crippen LogP contribution in [0, 0.1) is 0 Å². The molecule has 0 atom stereocenters. The number of rotatable bonds is 17. The SMILES string of the molecule is C=C(C)C(=O)[O][Ge]([CH2]CCCCC)([CH2]CCCCC)[CH2]CCCCC. The summed E-state index contributed by atoms with van der Waals surface area (Å²) >= 11 is -2.58. The third-order valence-electron chi connectivity index (χ3n) is 5.12. The van der Waals surface area contributed by atoms with E-state index in [1.165, 1.54) is 92.8 Å². The summed E-state index contributed by atoms with van der Waals surface area (Å²) in [4.78, 5) is 12.4. The zero-order valence-electron chi connectivity index (χ0n) is 17.6. The van der Waals surface area contributed by atoms with Gasteiger partial charge in [0.05, 0.1) is 0 Å². The van der Waals surface area contributed by atoms with Crippen molar-refractivity contribution in [3.63, 3.8) is 0 Å². The summed E-state index contributed by atoms with van der Waals surface area (Å²) in [5, 5.41) is 3.62. The summed E-state index contributed by atoms with van der Waals surface area (Å²) in [7, 11) is 0. The maximum absolute atomic E-state index is 12.4. The van der Waals surface area contributed by atoms with Crippen LogP contribution in [0.5, 0.6) is 0 Å². The Hall–Kier alpha value is -0.247. The summed E-state index contributed by atoms with van der Waals surface area (Å²) in [6.45, 7) is 12.4. The van der Waals surface area contributed by atoms with Crippen molar-refractivity contribution in [1.29, 1.82) is 0 Å². The van der Waals surface area contributed by atoms with Gasteiger partial charge in [0, 0.05) is 0 Å². The van der Waals surface area contributed by atoms with E-state index in [1.54, 1.807) is 6.92 Å². The van der Waals surface area contributed by atoms with Crippen LogP contribution in [0.3, 0.4) is 0 Å². The standard InChI is InChI=1S/C22H44GeO2/c1-6-9-12-15-18-23(19-16-13-10-7-2,20-17-14-11-8-3)25-22(24)21(4)5/h4,6-20H2,1-3,5H3. The molecule has 0 heterocycles. The van der Waals surface area contributed by atoms with Crippen molar-refractivity contribution < 1.29 is 8.56 Å². The number of hydrogen-bond donors (Lipinski definition) is 0. The van der Waals surface area contributed by atoms with Crippen LogP contribution in [0.2, 0.25) is 15.8 Å². The van der Waals surface area contributed by atoms with Gasteiger partial charge in [-0.25, -0.2) is 0 Å². The van der Waals surface area contributed by atoms with E-state index in [-0.39, 0.29) is 5.97 Å². The Kier molecular flexibility index (Phi) is 15.8. The number of carbonyl (C=O) groups excluding carboxylic acids is 1. The van der Waals surface area contributed by atoms with E-state index in [0.29, 0.717) is 5.57 Å². The summed E-state index contributed by atoms with van der Waals surface area (Å²) in [5.74, 6) is -0.110. The molecule has 0 aromatic carbocycles. The van der Waals surface area contributed by atoms with Gasteiger partial charge >= 0.3 is 161 Å². The van der Waals surface area contributed by atoms with Crippen molar-refractivity contribution in [2.45, 2.75) is 121 Å². The molecule has 0 saturated carbocycles. The Morgan fingerprint density at radius 2 is 1.08 bits per heavy atom. The van der Waals surface area contributed by atoms with Crippen molar-refractivity contribution in [2.75, 3.05) is 0 Å². The van der Waals surface area contributed by atoms with E-state index in [0.717, 1.165) is 0 Å². The molecule has 0 radical (unpaired) electrons. The number of carbonyl (C=O) groups is 1. The van der Waals surface area contributed by atoms with Crippen LogP contribution < -0.4 is 0 Å². The molecule has 25 heavy (non-hydrogen) atoms. The van der Waals surface area contributed by atoms with E-state index in [1.807, 2.05) is 0 Å². The summed E-state index contributed by atoms with van der Waals surface area (Å²) in [6, 6.07) is 0. The first-order valence-electron chi connectivity index (χ1n) is 10.9. The first-order valence-corrected chi connectivity index (χ1v) is 16.2. The molecule has 0 bridgehead atoms. The van der Waals surface area contributed by atoms with Gasteiger partial charge in [0.25, 0.3) is 0 Å². The van der Waals surface area contributed by atoms with Crippen LogP contribution in [0.15, 0.2) is 12.2 Å². The minimum atomic E-state index is -2.58. The third kappa shape index (κ3) is 12.7. The molecule has 0 spiro atoms. The van der Waals surface area contributed by atoms with Crippen molar-refractivity contribution in [3.05, 3.63) is 12.2 Å². The van der Waals surface area contributed by atoms with Crippen molar-refractivity contribution in [2.24, 2.45) is 0 Å². The molecule has 3 heteroatoms.